The van der Waals surface area contributed by atoms with Gasteiger partial charge in [0, 0.05) is 18.8 Å². The van der Waals surface area contributed by atoms with Crippen molar-refractivity contribution >= 4 is 42.2 Å². The number of fused-ring (bicyclic) bond motifs is 1. The molecule has 0 aliphatic carbocycles. The highest BCUT2D eigenvalue weighted by Gasteiger charge is 2.44. The van der Waals surface area contributed by atoms with Crippen LogP contribution in [0.15, 0.2) is 36.5 Å². The quantitative estimate of drug-likeness (QED) is 0.550. The van der Waals surface area contributed by atoms with E-state index in [0.29, 0.717) is 10.6 Å². The van der Waals surface area contributed by atoms with Crippen LogP contribution in [-0.2, 0) is 41.3 Å². The molecule has 0 atom stereocenters. The Kier molecular flexibility index (Phi) is 6.57. The monoisotopic (exact) mass is 532 g/mol. The summed E-state index contributed by atoms with van der Waals surface area (Å²) < 4.78 is 99.8. The van der Waals surface area contributed by atoms with Crippen LogP contribution < -0.4 is 4.31 Å². The van der Waals surface area contributed by atoms with Gasteiger partial charge in [-0.15, -0.1) is 0 Å². The molecule has 2 heterocycles. The summed E-state index contributed by atoms with van der Waals surface area (Å²) in [5.41, 5.74) is -4.21. The lowest BCUT2D eigenvalue weighted by Crippen LogP contribution is -2.29. The summed E-state index contributed by atoms with van der Waals surface area (Å²) >= 11 is 0. The third kappa shape index (κ3) is 5.20. The normalized spacial score (nSPS) is 16.0. The maximum absolute atomic E-state index is 14.4. The fourth-order valence-electron chi connectivity index (χ4n) is 3.38. The minimum atomic E-state index is -5.17. The number of benzene rings is 1. The molecule has 0 fully saturated rings. The number of pyridine rings is 1. The van der Waals surface area contributed by atoms with E-state index in [1.54, 1.807) is 0 Å². The van der Waals surface area contributed by atoms with E-state index in [0.717, 1.165) is 25.2 Å². The molecule has 0 unspecified atom stereocenters. The Morgan fingerprint density at radius 2 is 1.74 bits per heavy atom. The second-order valence-electron chi connectivity index (χ2n) is 9.00. The summed E-state index contributed by atoms with van der Waals surface area (Å²) in [5.74, 6) is -2.22. The van der Waals surface area contributed by atoms with Crippen molar-refractivity contribution in [3.05, 3.63) is 58.9 Å². The van der Waals surface area contributed by atoms with E-state index in [-0.39, 0.29) is 11.3 Å². The Morgan fingerprint density at radius 3 is 2.29 bits per heavy atom. The van der Waals surface area contributed by atoms with Crippen LogP contribution in [0.2, 0.25) is 0 Å². The number of hydrogen-bond acceptors (Lipinski definition) is 7. The zero-order valence-electron chi connectivity index (χ0n) is 19.5. The number of nitrogens with zero attached hydrogens (tertiary/aromatic N) is 2. The maximum Gasteiger partial charge on any atom is 0.419 e. The predicted molar refractivity (Wildman–Crippen MR) is 124 cm³/mol. The lowest BCUT2D eigenvalue weighted by atomic mass is 9.97. The van der Waals surface area contributed by atoms with E-state index in [1.807, 2.05) is 0 Å². The van der Waals surface area contributed by atoms with Gasteiger partial charge in [-0.2, -0.15) is 13.2 Å². The van der Waals surface area contributed by atoms with Gasteiger partial charge in [0.15, 0.2) is 15.6 Å². The van der Waals surface area contributed by atoms with Crippen LogP contribution in [0.4, 0.5) is 18.9 Å². The lowest BCUT2D eigenvalue weighted by molar-refractivity contribution is -0.145. The van der Waals surface area contributed by atoms with Crippen molar-refractivity contribution in [1.82, 2.24) is 4.98 Å². The highest BCUT2D eigenvalue weighted by atomic mass is 32.2. The Balaban J connectivity index is 2.50. The van der Waals surface area contributed by atoms with Crippen LogP contribution >= 0.6 is 0 Å². The average Bonchev–Trinajstić information content (AvgIpc) is 2.70. The maximum atomic E-state index is 14.4. The van der Waals surface area contributed by atoms with E-state index < -0.39 is 70.7 Å². The van der Waals surface area contributed by atoms with Crippen molar-refractivity contribution in [2.24, 2.45) is 5.41 Å². The van der Waals surface area contributed by atoms with Crippen LogP contribution in [0, 0.1) is 5.41 Å². The van der Waals surface area contributed by atoms with Gasteiger partial charge in [0.25, 0.3) is 0 Å². The average molecular weight is 533 g/mol. The van der Waals surface area contributed by atoms with E-state index in [1.165, 1.54) is 39.1 Å². The Labute approximate surface area is 201 Å². The van der Waals surface area contributed by atoms with Gasteiger partial charge < -0.3 is 4.74 Å². The third-order valence-electron chi connectivity index (χ3n) is 5.18. The molecule has 3 rings (SSSR count). The predicted octanol–water partition coefficient (Wildman–Crippen LogP) is 3.84. The highest BCUT2D eigenvalue weighted by molar-refractivity contribution is 8.00. The molecule has 0 saturated carbocycles. The molecule has 2 aromatic rings. The molecule has 1 aliphatic heterocycles. The highest BCUT2D eigenvalue weighted by Crippen LogP contribution is 2.47. The molecule has 1 aromatic carbocycles. The summed E-state index contributed by atoms with van der Waals surface area (Å²) in [6.07, 6.45) is -3.16. The number of alkyl halides is 3. The molecule has 8 nitrogen and oxygen atoms in total. The largest absolute Gasteiger partial charge is 0.422 e. The van der Waals surface area contributed by atoms with Crippen LogP contribution in [0.5, 0.6) is 0 Å². The summed E-state index contributed by atoms with van der Waals surface area (Å²) in [6.45, 7) is 4.49. The van der Waals surface area contributed by atoms with Crippen LogP contribution in [0.3, 0.4) is 0 Å². The summed E-state index contributed by atoms with van der Waals surface area (Å²) in [4.78, 5) is 15.9. The molecule has 1 aromatic heterocycles. The molecular weight excluding hydrogens is 509 g/mol. The molecule has 190 valence electrons. The number of rotatable bonds is 4. The first kappa shape index (κ1) is 26.7. The number of aromatic nitrogens is 1. The number of hydrogen-bond donors (Lipinski definition) is 0. The minimum absolute atomic E-state index is 0.0927. The first-order valence-corrected chi connectivity index (χ1v) is 13.6. The van der Waals surface area contributed by atoms with Crippen molar-refractivity contribution in [2.45, 2.75) is 32.7 Å². The zero-order chi connectivity index (χ0) is 26.6. The Bertz CT molecular complexity index is 1440. The van der Waals surface area contributed by atoms with Crippen LogP contribution in [-0.4, -0.2) is 41.1 Å². The van der Waals surface area contributed by atoms with Gasteiger partial charge in [-0.3, -0.25) is 14.1 Å². The molecule has 0 bridgehead atoms. The number of sulfonamides is 1. The molecule has 13 heteroatoms. The number of halogens is 3. The van der Waals surface area contributed by atoms with E-state index in [2.05, 4.69) is 4.98 Å². The van der Waals surface area contributed by atoms with Crippen molar-refractivity contribution in [2.75, 3.05) is 17.6 Å². The first-order valence-electron chi connectivity index (χ1n) is 10.1. The SMILES string of the molecule is CN(c1cccc(C2=C(OC(=O)C(C)(C)C)c3ncccc3CS2(=O)=O)c1C(F)(F)F)S(C)(=O)=O. The number of anilines is 1. The molecule has 0 amide bonds. The molecule has 0 radical (unpaired) electrons. The van der Waals surface area contributed by atoms with Gasteiger partial charge in [0.1, 0.15) is 10.6 Å². The molecular formula is C22H23F3N2O6S2. The van der Waals surface area contributed by atoms with Gasteiger partial charge in [-0.1, -0.05) is 18.2 Å². The van der Waals surface area contributed by atoms with Crippen LogP contribution in [0.25, 0.3) is 10.7 Å². The standard InChI is InChI=1S/C22H23F3N2O6S2/c1-21(2,3)20(28)33-18-17-13(8-7-11-26-17)12-35(31,32)19(18)14-9-6-10-15(16(14)22(23,24)25)27(4)34(5,29)30/h6-11H,12H2,1-5H3. The number of ether oxygens (including phenoxy) is 1. The van der Waals surface area contributed by atoms with Crippen molar-refractivity contribution < 1.29 is 39.5 Å². The molecule has 35 heavy (non-hydrogen) atoms. The van der Waals surface area contributed by atoms with Gasteiger partial charge >= 0.3 is 12.1 Å². The number of esters is 1. The first-order chi connectivity index (χ1) is 15.9. The van der Waals surface area contributed by atoms with E-state index >= 15 is 0 Å². The van der Waals surface area contributed by atoms with Crippen molar-refractivity contribution in [3.63, 3.8) is 0 Å². The van der Waals surface area contributed by atoms with Gasteiger partial charge in [-0.05, 0) is 38.5 Å². The Morgan fingerprint density at radius 1 is 1.11 bits per heavy atom. The van der Waals surface area contributed by atoms with Gasteiger partial charge in [0.2, 0.25) is 10.0 Å². The summed E-state index contributed by atoms with van der Waals surface area (Å²) in [5, 5.41) is 0. The smallest absolute Gasteiger partial charge is 0.419 e. The topological polar surface area (TPSA) is 111 Å². The van der Waals surface area contributed by atoms with E-state index in [4.69, 9.17) is 4.74 Å². The fourth-order valence-corrected chi connectivity index (χ4v) is 5.61. The van der Waals surface area contributed by atoms with Gasteiger partial charge in [-0.25, -0.2) is 16.8 Å². The van der Waals surface area contributed by atoms with Crippen LogP contribution in [0.1, 0.15) is 43.2 Å². The second-order valence-corrected chi connectivity index (χ2v) is 12.9. The minimum Gasteiger partial charge on any atom is -0.422 e. The van der Waals surface area contributed by atoms with Gasteiger partial charge in [0.05, 0.1) is 28.7 Å². The number of sulfone groups is 1. The molecule has 0 spiro atoms. The third-order valence-corrected chi connectivity index (χ3v) is 8.09. The van der Waals surface area contributed by atoms with Crippen molar-refractivity contribution in [3.8, 4) is 0 Å². The number of carbonyl (C=O) groups excluding carboxylic acids is 1. The number of carbonyl (C=O) groups is 1. The Hall–Kier alpha value is -2.93. The molecule has 1 aliphatic rings. The molecule has 0 saturated heterocycles. The fraction of sp³-hybridized carbons (Fsp3) is 0.364. The summed E-state index contributed by atoms with van der Waals surface area (Å²) in [7, 11) is -7.72. The summed E-state index contributed by atoms with van der Waals surface area (Å²) in [6, 6.07) is 5.78. The zero-order valence-corrected chi connectivity index (χ0v) is 21.1. The molecule has 0 N–H and O–H groups in total. The second kappa shape index (κ2) is 8.63. The lowest BCUT2D eigenvalue weighted by Gasteiger charge is -2.28. The van der Waals surface area contributed by atoms with Crippen molar-refractivity contribution in [1.29, 1.82) is 0 Å². The van der Waals surface area contributed by atoms with E-state index in [9.17, 15) is 34.8 Å².